The summed E-state index contributed by atoms with van der Waals surface area (Å²) in [4.78, 5) is 0. The van der Waals surface area contributed by atoms with Crippen LogP contribution in [-0.4, -0.2) is 61.8 Å². The van der Waals surface area contributed by atoms with Gasteiger partial charge in [-0.05, 0) is 111 Å². The third kappa shape index (κ3) is 7.40. The number of aliphatic hydroxyl groups excluding tert-OH is 1. The van der Waals surface area contributed by atoms with Crippen molar-refractivity contribution in [2.45, 2.75) is 193 Å². The first-order chi connectivity index (χ1) is 21.4. The van der Waals surface area contributed by atoms with Crippen molar-refractivity contribution >= 4 is 28.4 Å². The first-order valence-electron chi connectivity index (χ1n) is 19.2. The van der Waals surface area contributed by atoms with E-state index in [-0.39, 0.29) is 45.1 Å². The second-order valence-corrected chi connectivity index (χ2v) is 30.7. The Morgan fingerprint density at radius 1 is 0.915 bits per heavy atom. The molecule has 0 bridgehead atoms. The molecule has 7 heteroatoms. The van der Waals surface area contributed by atoms with Gasteiger partial charge < -0.3 is 19.1 Å². The van der Waals surface area contributed by atoms with E-state index < -0.39 is 22.2 Å². The van der Waals surface area contributed by atoms with E-state index in [1.807, 2.05) is 11.8 Å². The van der Waals surface area contributed by atoms with E-state index >= 15 is 0 Å². The van der Waals surface area contributed by atoms with Crippen molar-refractivity contribution < 1.29 is 19.1 Å². The highest BCUT2D eigenvalue weighted by atomic mass is 32.2. The van der Waals surface area contributed by atoms with Crippen LogP contribution in [0.5, 0.6) is 0 Å². The third-order valence-electron chi connectivity index (χ3n) is 15.0. The minimum atomic E-state index is -2.06. The van der Waals surface area contributed by atoms with Gasteiger partial charge in [0.1, 0.15) is 0 Å². The minimum absolute atomic E-state index is 0.0532. The number of aliphatic hydroxyl groups is 2. The predicted octanol–water partition coefficient (Wildman–Crippen LogP) is 10.9. The second kappa shape index (κ2) is 13.6. The fourth-order valence-corrected chi connectivity index (χ4v) is 13.8. The molecule has 0 aromatic heterocycles. The molecule has 4 aliphatic rings. The lowest BCUT2D eigenvalue weighted by atomic mass is 9.49. The lowest BCUT2D eigenvalue weighted by Gasteiger charge is -2.59. The quantitative estimate of drug-likeness (QED) is 0.210. The minimum Gasteiger partial charge on any atom is -0.414 e. The van der Waals surface area contributed by atoms with E-state index in [9.17, 15) is 10.2 Å². The molecule has 4 aliphatic carbocycles. The lowest BCUT2D eigenvalue weighted by molar-refractivity contribution is -0.0438. The van der Waals surface area contributed by atoms with Gasteiger partial charge in [0, 0.05) is 16.6 Å². The molecule has 0 aliphatic heterocycles. The largest absolute Gasteiger partial charge is 0.414 e. The lowest BCUT2D eigenvalue weighted by Crippen LogP contribution is -2.58. The van der Waals surface area contributed by atoms with Crippen molar-refractivity contribution in [3.63, 3.8) is 0 Å². The van der Waals surface area contributed by atoms with E-state index in [0.29, 0.717) is 17.1 Å². The smallest absolute Gasteiger partial charge is 0.192 e. The van der Waals surface area contributed by atoms with E-state index in [1.54, 1.807) is 5.57 Å². The molecule has 0 saturated heterocycles. The average Bonchev–Trinajstić information content (AvgIpc) is 3.21. The number of rotatable bonds is 11. The van der Waals surface area contributed by atoms with E-state index in [4.69, 9.17) is 8.85 Å². The van der Waals surface area contributed by atoms with E-state index in [1.165, 1.54) is 5.57 Å². The van der Waals surface area contributed by atoms with Crippen LogP contribution in [0.2, 0.25) is 36.3 Å². The molecule has 4 nitrogen and oxygen atoms in total. The Morgan fingerprint density at radius 2 is 1.49 bits per heavy atom. The zero-order valence-corrected chi connectivity index (χ0v) is 36.0. The van der Waals surface area contributed by atoms with Crippen LogP contribution in [0.3, 0.4) is 0 Å². The molecule has 3 fully saturated rings. The molecule has 1 unspecified atom stereocenters. The number of thioether (sulfide) groups is 1. The van der Waals surface area contributed by atoms with Gasteiger partial charge in [-0.2, -0.15) is 11.8 Å². The van der Waals surface area contributed by atoms with Crippen molar-refractivity contribution in [3.05, 3.63) is 23.3 Å². The summed E-state index contributed by atoms with van der Waals surface area (Å²) >= 11 is 1.97. The molecule has 272 valence electrons. The number of fused-ring (bicyclic) bond motifs is 5. The SMILES string of the molecule is CCC(O)(CC)CCSC(C)[C@H]1[C@H](O)C[C@H]2C3=CC=C4C[C@@H](O[Si](C)(C)C(C)(C)C)C[C@H](O[Si](C)(C)C(C)(C)C)[C@]4(C)[C@H]3CC[C@@]21C. The number of hydrogen-bond acceptors (Lipinski definition) is 5. The number of hydrogen-bond donors (Lipinski definition) is 2. The van der Waals surface area contributed by atoms with Gasteiger partial charge in [-0.25, -0.2) is 0 Å². The Morgan fingerprint density at radius 3 is 2.04 bits per heavy atom. The third-order valence-corrected chi connectivity index (χ3v) is 25.3. The van der Waals surface area contributed by atoms with Crippen LogP contribution in [0, 0.1) is 28.6 Å². The molecule has 0 aromatic rings. The summed E-state index contributed by atoms with van der Waals surface area (Å²) in [6, 6.07) is 0. The molecule has 0 radical (unpaired) electrons. The van der Waals surface area contributed by atoms with Crippen LogP contribution in [0.25, 0.3) is 0 Å². The van der Waals surface area contributed by atoms with Gasteiger partial charge in [-0.3, -0.25) is 0 Å². The highest BCUT2D eigenvalue weighted by Crippen LogP contribution is 2.67. The topological polar surface area (TPSA) is 58.9 Å². The zero-order valence-electron chi connectivity index (χ0n) is 33.2. The Hall–Kier alpha value is 0.104. The molecule has 4 rings (SSSR count). The van der Waals surface area contributed by atoms with Gasteiger partial charge in [0.25, 0.3) is 0 Å². The Labute approximate surface area is 297 Å². The molecule has 9 atom stereocenters. The van der Waals surface area contributed by atoms with Gasteiger partial charge in [0.15, 0.2) is 16.6 Å². The van der Waals surface area contributed by atoms with Gasteiger partial charge in [0.2, 0.25) is 0 Å². The van der Waals surface area contributed by atoms with Crippen molar-refractivity contribution in [2.75, 3.05) is 5.75 Å². The summed E-state index contributed by atoms with van der Waals surface area (Å²) in [5.41, 5.74) is 2.59. The molecule has 2 N–H and O–H groups in total. The van der Waals surface area contributed by atoms with Crippen LogP contribution < -0.4 is 0 Å². The molecule has 0 aromatic carbocycles. The average molecular weight is 707 g/mol. The summed E-state index contributed by atoms with van der Waals surface area (Å²) in [5, 5.41) is 23.3. The van der Waals surface area contributed by atoms with Crippen molar-refractivity contribution in [3.8, 4) is 0 Å². The van der Waals surface area contributed by atoms with Gasteiger partial charge in [-0.15, -0.1) is 0 Å². The summed E-state index contributed by atoms with van der Waals surface area (Å²) in [7, 11) is -4.00. The maximum atomic E-state index is 11.8. The molecule has 0 heterocycles. The summed E-state index contributed by atoms with van der Waals surface area (Å²) in [5.74, 6) is 2.06. The molecular formula is C40H74O4SSi2. The fraction of sp³-hybridized carbons (Fsp3) is 0.900. The molecule has 47 heavy (non-hydrogen) atoms. The van der Waals surface area contributed by atoms with Crippen molar-refractivity contribution in [1.29, 1.82) is 0 Å². The first kappa shape index (κ1) is 39.9. The fourth-order valence-electron chi connectivity index (χ4n) is 9.44. The van der Waals surface area contributed by atoms with Crippen LogP contribution in [0.4, 0.5) is 0 Å². The Kier molecular flexibility index (Phi) is 11.5. The monoisotopic (exact) mass is 706 g/mol. The number of allylic oxidation sites excluding steroid dienone is 3. The molecule has 0 amide bonds. The second-order valence-electron chi connectivity index (χ2n) is 19.7. The molecule has 3 saturated carbocycles. The summed E-state index contributed by atoms with van der Waals surface area (Å²) in [6.07, 6.45) is 12.6. The van der Waals surface area contributed by atoms with Crippen LogP contribution in [0.15, 0.2) is 23.3 Å². The summed E-state index contributed by atoms with van der Waals surface area (Å²) < 4.78 is 14.7. The molecule has 0 spiro atoms. The highest BCUT2D eigenvalue weighted by Gasteiger charge is 2.62. The maximum Gasteiger partial charge on any atom is 0.192 e. The van der Waals surface area contributed by atoms with Gasteiger partial charge >= 0.3 is 0 Å². The van der Waals surface area contributed by atoms with E-state index in [2.05, 4.69) is 115 Å². The van der Waals surface area contributed by atoms with Crippen molar-refractivity contribution in [2.24, 2.45) is 28.6 Å². The van der Waals surface area contributed by atoms with Crippen LogP contribution >= 0.6 is 11.8 Å². The van der Waals surface area contributed by atoms with Crippen LogP contribution in [0.1, 0.15) is 128 Å². The highest BCUT2D eigenvalue weighted by molar-refractivity contribution is 7.99. The van der Waals surface area contributed by atoms with Gasteiger partial charge in [-0.1, -0.05) is 99.5 Å². The summed E-state index contributed by atoms with van der Waals surface area (Å²) in [6.45, 7) is 35.4. The maximum absolute atomic E-state index is 11.8. The first-order valence-corrected chi connectivity index (χ1v) is 26.0. The predicted molar refractivity (Wildman–Crippen MR) is 208 cm³/mol. The Bertz CT molecular complexity index is 1180. The Balaban J connectivity index is 1.66. The standard InChI is InChI=1S/C40H74O4SSi2/c1-16-40(42,17-2)22-23-45-27(3)35-33(41)26-32-30-19-18-28-24-29(43-46(12,13)36(4,5)6)25-34(44-47(14,15)37(7,8)9)39(28,11)31(30)20-21-38(32,35)10/h18-19,27,29,31-35,41-42H,16-17,20-26H2,1-15H3/t27?,29-,31+,32+,33-,34+,35+,38+,39+/m1/s1. The zero-order chi connectivity index (χ0) is 35.6. The molecular weight excluding hydrogens is 633 g/mol. The van der Waals surface area contributed by atoms with Gasteiger partial charge in [0.05, 0.1) is 23.9 Å². The van der Waals surface area contributed by atoms with Crippen LogP contribution in [-0.2, 0) is 8.85 Å². The van der Waals surface area contributed by atoms with E-state index in [0.717, 1.165) is 57.1 Å². The normalized spacial score (nSPS) is 35.9. The van der Waals surface area contributed by atoms with Crippen molar-refractivity contribution in [1.82, 2.24) is 0 Å².